The smallest absolute Gasteiger partial charge is 0.286 e. The second-order valence-corrected chi connectivity index (χ2v) is 8.92. The number of aromatic nitrogens is 3. The summed E-state index contributed by atoms with van der Waals surface area (Å²) in [6, 6.07) is 4.18. The molecule has 4 rings (SSSR count). The van der Waals surface area contributed by atoms with Gasteiger partial charge in [0.25, 0.3) is 5.24 Å². The molecule has 1 saturated carbocycles. The van der Waals surface area contributed by atoms with Crippen molar-refractivity contribution >= 4 is 46.4 Å². The molecule has 2 aliphatic rings. The number of nitrogens with one attached hydrogen (secondary N) is 3. The highest BCUT2D eigenvalue weighted by molar-refractivity contribution is 8.15. The van der Waals surface area contributed by atoms with Crippen LogP contribution in [0.15, 0.2) is 18.2 Å². The molecule has 10 nitrogen and oxygen atoms in total. The van der Waals surface area contributed by atoms with Gasteiger partial charge in [0.15, 0.2) is 11.6 Å². The van der Waals surface area contributed by atoms with Crippen LogP contribution in [0.2, 0.25) is 0 Å². The van der Waals surface area contributed by atoms with Crippen LogP contribution in [0.3, 0.4) is 0 Å². The van der Waals surface area contributed by atoms with Crippen molar-refractivity contribution in [3.63, 3.8) is 0 Å². The maximum Gasteiger partial charge on any atom is 0.286 e. The Morgan fingerprint density at radius 1 is 1.19 bits per heavy atom. The summed E-state index contributed by atoms with van der Waals surface area (Å²) in [5.41, 5.74) is 0.361. The second kappa shape index (κ2) is 9.55. The minimum atomic E-state index is -0.768. The number of anilines is 4. The number of imide groups is 1. The van der Waals surface area contributed by atoms with E-state index in [1.54, 1.807) is 0 Å². The topological polar surface area (TPSA) is 132 Å². The number of phenolic OH excluding ortho intramolecular Hbond substituents is 1. The van der Waals surface area contributed by atoms with E-state index in [0.29, 0.717) is 17.7 Å². The van der Waals surface area contributed by atoms with Crippen LogP contribution in [0.4, 0.5) is 32.7 Å². The van der Waals surface area contributed by atoms with E-state index < -0.39 is 16.8 Å². The zero-order valence-corrected chi connectivity index (χ0v) is 18.3. The Morgan fingerprint density at radius 2 is 1.94 bits per heavy atom. The minimum Gasteiger partial charge on any atom is -0.505 e. The predicted molar refractivity (Wildman–Crippen MR) is 120 cm³/mol. The summed E-state index contributed by atoms with van der Waals surface area (Å²) >= 11 is 0.911. The lowest BCUT2D eigenvalue weighted by Crippen LogP contribution is -2.35. The molecule has 1 aromatic heterocycles. The van der Waals surface area contributed by atoms with Gasteiger partial charge in [0.2, 0.25) is 23.8 Å². The summed E-state index contributed by atoms with van der Waals surface area (Å²) < 4.78 is 13.7. The van der Waals surface area contributed by atoms with E-state index in [-0.39, 0.29) is 29.6 Å². The molecule has 32 heavy (non-hydrogen) atoms. The molecule has 1 aliphatic carbocycles. The number of hydrogen-bond donors (Lipinski definition) is 4. The Kier molecular flexibility index (Phi) is 6.58. The normalized spacial score (nSPS) is 19.0. The van der Waals surface area contributed by atoms with Crippen molar-refractivity contribution in [2.45, 2.75) is 43.4 Å². The van der Waals surface area contributed by atoms with Gasteiger partial charge in [-0.3, -0.25) is 14.9 Å². The fourth-order valence-corrected chi connectivity index (χ4v) is 4.47. The van der Waals surface area contributed by atoms with Crippen molar-refractivity contribution in [3.05, 3.63) is 24.0 Å². The Hall–Kier alpha value is -3.15. The van der Waals surface area contributed by atoms with Crippen LogP contribution < -0.4 is 20.9 Å². The van der Waals surface area contributed by atoms with E-state index in [2.05, 4.69) is 30.9 Å². The van der Waals surface area contributed by atoms with Gasteiger partial charge in [-0.1, -0.05) is 19.3 Å². The molecular formula is C20H24FN7O3S. The lowest BCUT2D eigenvalue weighted by Gasteiger charge is -2.31. The summed E-state index contributed by atoms with van der Waals surface area (Å²) in [7, 11) is 1.93. The number of phenols is 1. The Bertz CT molecular complexity index is 1020. The third kappa shape index (κ3) is 5.18. The quantitative estimate of drug-likeness (QED) is 0.456. The number of rotatable bonds is 7. The number of carbonyl (C=O) groups is 2. The van der Waals surface area contributed by atoms with Crippen molar-refractivity contribution in [2.75, 3.05) is 29.1 Å². The van der Waals surface area contributed by atoms with E-state index in [9.17, 15) is 19.1 Å². The van der Waals surface area contributed by atoms with Gasteiger partial charge in [-0.25, -0.2) is 4.39 Å². The Balaban J connectivity index is 1.57. The monoisotopic (exact) mass is 461 g/mol. The fraction of sp³-hybridized carbons (Fsp3) is 0.450. The summed E-state index contributed by atoms with van der Waals surface area (Å²) in [5.74, 6) is -0.726. The summed E-state index contributed by atoms with van der Waals surface area (Å²) in [6.45, 7) is 0.159. The standard InChI is InChI=1S/C20H24FN7O3S/c1-28(12-5-3-2-4-6-12)19-26-17(22-10-15-16(30)24-20(31)32-15)25-18(27-19)23-11-7-8-14(29)13(21)9-11/h7-9,12,15,29H,2-6,10H2,1H3,(H,24,30,31)(H2,22,23,25,26,27). The average Bonchev–Trinajstić information content (AvgIpc) is 3.11. The van der Waals surface area contributed by atoms with Gasteiger partial charge in [0.1, 0.15) is 5.25 Å². The number of halogens is 1. The molecule has 1 saturated heterocycles. The molecule has 2 fully saturated rings. The molecule has 0 radical (unpaired) electrons. The van der Waals surface area contributed by atoms with Gasteiger partial charge in [-0.15, -0.1) is 0 Å². The first-order chi connectivity index (χ1) is 15.4. The lowest BCUT2D eigenvalue weighted by molar-refractivity contribution is -0.118. The lowest BCUT2D eigenvalue weighted by atomic mass is 9.95. The van der Waals surface area contributed by atoms with Crippen LogP contribution in [0.5, 0.6) is 5.75 Å². The van der Waals surface area contributed by atoms with Gasteiger partial charge in [-0.2, -0.15) is 15.0 Å². The molecule has 2 aromatic rings. The predicted octanol–water partition coefficient (Wildman–Crippen LogP) is 2.99. The first-order valence-corrected chi connectivity index (χ1v) is 11.3. The molecule has 1 atom stereocenters. The first kappa shape index (κ1) is 22.1. The maximum atomic E-state index is 13.7. The summed E-state index contributed by atoms with van der Waals surface area (Å²) in [6.07, 6.45) is 5.58. The van der Waals surface area contributed by atoms with Crippen LogP contribution in [0, 0.1) is 5.82 Å². The SMILES string of the molecule is CN(c1nc(NCC2SC(=O)NC2=O)nc(Nc2ccc(O)c(F)c2)n1)C1CCCCC1. The van der Waals surface area contributed by atoms with Crippen LogP contribution in [-0.4, -0.2) is 56.1 Å². The van der Waals surface area contributed by atoms with Crippen molar-refractivity contribution in [1.29, 1.82) is 0 Å². The fourth-order valence-electron chi connectivity index (χ4n) is 3.71. The van der Waals surface area contributed by atoms with Crippen LogP contribution in [0.1, 0.15) is 32.1 Å². The van der Waals surface area contributed by atoms with Gasteiger partial charge in [0, 0.05) is 31.4 Å². The minimum absolute atomic E-state index is 0.159. The third-order valence-corrected chi connectivity index (χ3v) is 6.46. The van der Waals surface area contributed by atoms with E-state index in [0.717, 1.165) is 43.5 Å². The number of aromatic hydroxyl groups is 1. The van der Waals surface area contributed by atoms with Crippen molar-refractivity contribution < 1.29 is 19.1 Å². The van der Waals surface area contributed by atoms with Gasteiger partial charge < -0.3 is 20.6 Å². The number of hydrogen-bond acceptors (Lipinski definition) is 10. The van der Waals surface area contributed by atoms with Gasteiger partial charge in [0.05, 0.1) is 0 Å². The highest BCUT2D eigenvalue weighted by atomic mass is 32.2. The molecule has 1 aliphatic heterocycles. The Labute approximate surface area is 188 Å². The second-order valence-electron chi connectivity index (χ2n) is 7.74. The van der Waals surface area contributed by atoms with E-state index in [1.807, 2.05) is 11.9 Å². The molecular weight excluding hydrogens is 437 g/mol. The number of thioether (sulfide) groups is 1. The molecule has 170 valence electrons. The zero-order chi connectivity index (χ0) is 22.7. The third-order valence-electron chi connectivity index (χ3n) is 5.48. The highest BCUT2D eigenvalue weighted by Crippen LogP contribution is 2.27. The van der Waals surface area contributed by atoms with E-state index in [1.165, 1.54) is 18.6 Å². The van der Waals surface area contributed by atoms with Crippen molar-refractivity contribution in [2.24, 2.45) is 0 Å². The van der Waals surface area contributed by atoms with Crippen molar-refractivity contribution in [1.82, 2.24) is 20.3 Å². The molecule has 2 heterocycles. The van der Waals surface area contributed by atoms with Gasteiger partial charge >= 0.3 is 0 Å². The molecule has 0 spiro atoms. The maximum absolute atomic E-state index is 13.7. The van der Waals surface area contributed by atoms with E-state index >= 15 is 0 Å². The summed E-state index contributed by atoms with van der Waals surface area (Å²) in [4.78, 5) is 38.6. The van der Waals surface area contributed by atoms with Crippen LogP contribution in [0.25, 0.3) is 0 Å². The number of carbonyl (C=O) groups excluding carboxylic acids is 2. The molecule has 2 amide bonds. The molecule has 1 aromatic carbocycles. The molecule has 4 N–H and O–H groups in total. The molecule has 0 bridgehead atoms. The van der Waals surface area contributed by atoms with Crippen LogP contribution >= 0.6 is 11.8 Å². The van der Waals surface area contributed by atoms with Crippen molar-refractivity contribution in [3.8, 4) is 5.75 Å². The van der Waals surface area contributed by atoms with Crippen LogP contribution in [-0.2, 0) is 4.79 Å². The highest BCUT2D eigenvalue weighted by Gasteiger charge is 2.31. The molecule has 12 heteroatoms. The number of nitrogens with zero attached hydrogens (tertiary/aromatic N) is 4. The average molecular weight is 462 g/mol. The molecule has 1 unspecified atom stereocenters. The van der Waals surface area contributed by atoms with Gasteiger partial charge in [-0.05, 0) is 36.7 Å². The number of benzene rings is 1. The first-order valence-electron chi connectivity index (χ1n) is 10.4. The largest absolute Gasteiger partial charge is 0.505 e. The summed E-state index contributed by atoms with van der Waals surface area (Å²) in [5, 5.41) is 16.6. The number of amides is 2. The van der Waals surface area contributed by atoms with E-state index in [4.69, 9.17) is 0 Å². The zero-order valence-electron chi connectivity index (χ0n) is 17.5. The Morgan fingerprint density at radius 3 is 2.62 bits per heavy atom.